The number of fused-ring (bicyclic) bond motifs is 1. The van der Waals surface area contributed by atoms with Crippen molar-refractivity contribution in [1.29, 1.82) is 0 Å². The fraction of sp³-hybridized carbons (Fsp3) is 0.300. The van der Waals surface area contributed by atoms with E-state index in [1.165, 1.54) is 11.8 Å². The van der Waals surface area contributed by atoms with Gasteiger partial charge in [0.15, 0.2) is 16.8 Å². The van der Waals surface area contributed by atoms with E-state index in [-0.39, 0.29) is 11.7 Å². The summed E-state index contributed by atoms with van der Waals surface area (Å²) in [6.07, 6.45) is 0. The molecule has 1 fully saturated rings. The third-order valence-corrected chi connectivity index (χ3v) is 5.76. The van der Waals surface area contributed by atoms with Gasteiger partial charge < -0.3 is 19.5 Å². The van der Waals surface area contributed by atoms with Gasteiger partial charge in [0.1, 0.15) is 5.75 Å². The van der Waals surface area contributed by atoms with E-state index in [1.54, 1.807) is 7.11 Å². The van der Waals surface area contributed by atoms with Crippen LogP contribution in [0.3, 0.4) is 0 Å². The monoisotopic (exact) mass is 418 g/mol. The molecule has 2 aromatic carbocycles. The number of aromatic nitrogens is 2. The second-order valence-corrected chi connectivity index (χ2v) is 7.64. The number of ether oxygens (including phenoxy) is 1. The molecule has 4 rings (SSSR count). The van der Waals surface area contributed by atoms with Gasteiger partial charge in [0.25, 0.3) is 0 Å². The van der Waals surface area contributed by atoms with Gasteiger partial charge in [-0.3, -0.25) is 4.79 Å². The Kier molecular flexibility index (Phi) is 5.57. The highest BCUT2D eigenvalue weighted by molar-refractivity contribution is 7.99. The molecule has 0 radical (unpaired) electrons. The SMILES string of the molecule is COc1ccc(N2CCN(C(=O)CSc3nc4cc(F)c(F)cc4[nH]3)CC2)cc1. The highest BCUT2D eigenvalue weighted by Gasteiger charge is 2.22. The molecule has 1 N–H and O–H groups in total. The first kappa shape index (κ1) is 19.5. The van der Waals surface area contributed by atoms with Crippen LogP contribution in [-0.2, 0) is 4.79 Å². The topological polar surface area (TPSA) is 61.5 Å². The number of methoxy groups -OCH3 is 1. The van der Waals surface area contributed by atoms with Gasteiger partial charge in [-0.05, 0) is 24.3 Å². The average Bonchev–Trinajstić information content (AvgIpc) is 3.14. The van der Waals surface area contributed by atoms with Crippen LogP contribution >= 0.6 is 11.8 Å². The first-order valence-electron chi connectivity index (χ1n) is 9.18. The van der Waals surface area contributed by atoms with Crippen molar-refractivity contribution in [1.82, 2.24) is 14.9 Å². The summed E-state index contributed by atoms with van der Waals surface area (Å²) < 4.78 is 31.8. The fourth-order valence-electron chi connectivity index (χ4n) is 3.28. The molecule has 29 heavy (non-hydrogen) atoms. The lowest BCUT2D eigenvalue weighted by atomic mass is 10.2. The van der Waals surface area contributed by atoms with Crippen molar-refractivity contribution >= 4 is 34.4 Å². The largest absolute Gasteiger partial charge is 0.497 e. The Bertz CT molecular complexity index is 978. The van der Waals surface area contributed by atoms with Crippen molar-refractivity contribution in [2.75, 3.05) is 43.9 Å². The predicted octanol–water partition coefficient (Wildman–Crippen LogP) is 3.29. The number of carbonyl (C=O) groups is 1. The molecule has 0 atom stereocenters. The Morgan fingerprint density at radius 2 is 1.83 bits per heavy atom. The summed E-state index contributed by atoms with van der Waals surface area (Å²) in [4.78, 5) is 23.7. The smallest absolute Gasteiger partial charge is 0.233 e. The van der Waals surface area contributed by atoms with E-state index in [9.17, 15) is 13.6 Å². The first-order chi connectivity index (χ1) is 14.0. The van der Waals surface area contributed by atoms with Gasteiger partial charge >= 0.3 is 0 Å². The normalized spacial score (nSPS) is 14.4. The average molecular weight is 418 g/mol. The van der Waals surface area contributed by atoms with Crippen LogP contribution in [0, 0.1) is 11.6 Å². The lowest BCUT2D eigenvalue weighted by Gasteiger charge is -2.36. The van der Waals surface area contributed by atoms with Crippen molar-refractivity contribution in [3.63, 3.8) is 0 Å². The molecule has 3 aromatic rings. The van der Waals surface area contributed by atoms with Crippen LogP contribution in [0.5, 0.6) is 5.75 Å². The molecule has 1 aliphatic heterocycles. The number of H-pyrrole nitrogens is 1. The highest BCUT2D eigenvalue weighted by atomic mass is 32.2. The molecule has 152 valence electrons. The van der Waals surface area contributed by atoms with E-state index in [0.29, 0.717) is 29.3 Å². The number of piperazine rings is 1. The summed E-state index contributed by atoms with van der Waals surface area (Å²) in [6, 6.07) is 10.00. The molecule has 0 aliphatic carbocycles. The number of carbonyl (C=O) groups excluding carboxylic acids is 1. The zero-order chi connectivity index (χ0) is 20.4. The number of imidazole rings is 1. The quantitative estimate of drug-likeness (QED) is 0.645. The minimum Gasteiger partial charge on any atom is -0.497 e. The van der Waals surface area contributed by atoms with Gasteiger partial charge in [0.05, 0.1) is 23.9 Å². The van der Waals surface area contributed by atoms with Crippen LogP contribution in [0.15, 0.2) is 41.6 Å². The maximum atomic E-state index is 13.3. The van der Waals surface area contributed by atoms with Gasteiger partial charge in [-0.2, -0.15) is 0 Å². The number of nitrogens with one attached hydrogen (secondary N) is 1. The van der Waals surface area contributed by atoms with Gasteiger partial charge in [-0.15, -0.1) is 0 Å². The maximum Gasteiger partial charge on any atom is 0.233 e. The van der Waals surface area contributed by atoms with E-state index in [0.717, 1.165) is 36.7 Å². The second-order valence-electron chi connectivity index (χ2n) is 6.68. The highest BCUT2D eigenvalue weighted by Crippen LogP contribution is 2.23. The summed E-state index contributed by atoms with van der Waals surface area (Å²) in [5, 5.41) is 0.468. The van der Waals surface area contributed by atoms with Gasteiger partial charge in [-0.25, -0.2) is 13.8 Å². The number of halogens is 2. The molecule has 0 bridgehead atoms. The molecule has 0 spiro atoms. The molecule has 0 unspecified atom stereocenters. The summed E-state index contributed by atoms with van der Waals surface area (Å²) in [6.45, 7) is 2.79. The minimum absolute atomic E-state index is 0.0159. The van der Waals surface area contributed by atoms with Crippen LogP contribution in [0.4, 0.5) is 14.5 Å². The summed E-state index contributed by atoms with van der Waals surface area (Å²) in [5.74, 6) is -0.819. The standard InChI is InChI=1S/C20H20F2N4O2S/c1-28-14-4-2-13(3-5-14)25-6-8-26(9-7-25)19(27)12-29-20-23-17-10-15(21)16(22)11-18(17)24-20/h2-5,10-11H,6-9,12H2,1H3,(H,23,24). The van der Waals surface area contributed by atoms with Crippen molar-refractivity contribution < 1.29 is 18.3 Å². The van der Waals surface area contributed by atoms with Crippen molar-refractivity contribution in [2.24, 2.45) is 0 Å². The number of hydrogen-bond donors (Lipinski definition) is 1. The number of aromatic amines is 1. The Morgan fingerprint density at radius 1 is 1.14 bits per heavy atom. The fourth-order valence-corrected chi connectivity index (χ4v) is 4.07. The molecule has 1 saturated heterocycles. The lowest BCUT2D eigenvalue weighted by molar-refractivity contribution is -0.128. The van der Waals surface area contributed by atoms with Crippen LogP contribution < -0.4 is 9.64 Å². The predicted molar refractivity (Wildman–Crippen MR) is 109 cm³/mol. The van der Waals surface area contributed by atoms with Crippen LogP contribution in [0.1, 0.15) is 0 Å². The minimum atomic E-state index is -0.939. The van der Waals surface area contributed by atoms with Gasteiger partial charge in [0, 0.05) is 44.0 Å². The summed E-state index contributed by atoms with van der Waals surface area (Å²) in [5.41, 5.74) is 1.85. The van der Waals surface area contributed by atoms with Crippen molar-refractivity contribution in [3.8, 4) is 5.75 Å². The van der Waals surface area contributed by atoms with Crippen LogP contribution in [0.2, 0.25) is 0 Å². The number of amides is 1. The van der Waals surface area contributed by atoms with E-state index < -0.39 is 11.6 Å². The molecule has 1 aliphatic rings. The Morgan fingerprint density at radius 3 is 2.52 bits per heavy atom. The first-order valence-corrected chi connectivity index (χ1v) is 10.2. The molecule has 6 nitrogen and oxygen atoms in total. The molecule has 1 amide bonds. The number of nitrogens with zero attached hydrogens (tertiary/aromatic N) is 3. The molecule has 9 heteroatoms. The van der Waals surface area contributed by atoms with Crippen molar-refractivity contribution in [2.45, 2.75) is 5.16 Å². The third-order valence-electron chi connectivity index (χ3n) is 4.90. The van der Waals surface area contributed by atoms with Crippen molar-refractivity contribution in [3.05, 3.63) is 48.0 Å². The van der Waals surface area contributed by atoms with E-state index in [2.05, 4.69) is 14.9 Å². The number of benzene rings is 2. The van der Waals surface area contributed by atoms with E-state index in [4.69, 9.17) is 4.74 Å². The zero-order valence-corrected chi connectivity index (χ0v) is 16.6. The maximum absolute atomic E-state index is 13.3. The zero-order valence-electron chi connectivity index (χ0n) is 15.8. The number of thioether (sulfide) groups is 1. The Labute approximate surface area is 170 Å². The summed E-state index contributed by atoms with van der Waals surface area (Å²) >= 11 is 1.23. The molecular formula is C20H20F2N4O2S. The number of rotatable bonds is 5. The molecular weight excluding hydrogens is 398 g/mol. The molecule has 0 saturated carbocycles. The van der Waals surface area contributed by atoms with Gasteiger partial charge in [0.2, 0.25) is 5.91 Å². The van der Waals surface area contributed by atoms with Crippen LogP contribution in [-0.4, -0.2) is 59.8 Å². The molecule has 1 aromatic heterocycles. The number of hydrogen-bond acceptors (Lipinski definition) is 5. The van der Waals surface area contributed by atoms with Gasteiger partial charge in [-0.1, -0.05) is 11.8 Å². The van der Waals surface area contributed by atoms with Crippen LogP contribution in [0.25, 0.3) is 11.0 Å². The Hall–Kier alpha value is -2.81. The summed E-state index contributed by atoms with van der Waals surface area (Å²) in [7, 11) is 1.64. The molecule has 2 heterocycles. The number of anilines is 1. The lowest BCUT2D eigenvalue weighted by Crippen LogP contribution is -2.49. The second kappa shape index (κ2) is 8.28. The third kappa shape index (κ3) is 4.29. The van der Waals surface area contributed by atoms with E-state index in [1.807, 2.05) is 29.2 Å². The van der Waals surface area contributed by atoms with E-state index >= 15 is 0 Å². The Balaban J connectivity index is 1.30.